The zero-order valence-corrected chi connectivity index (χ0v) is 14.0. The van der Waals surface area contributed by atoms with Crippen LogP contribution >= 0.6 is 0 Å². The SMILES string of the molecule is O=C(O)[C@H]1CC=CC[C@H]1C(=O)Nc1ccc2oc3c(c2c1)CCCC3. The standard InChI is InChI=1S/C20H21NO4/c22-19(14-6-1-2-7-15(14)20(23)24)21-12-9-10-18-16(11-12)13-5-3-4-8-17(13)25-18/h1-2,9-11,14-15H,3-8H2,(H,21,22)(H,23,24)/t14-,15+/m1/s1. The van der Waals surface area contributed by atoms with Crippen LogP contribution in [-0.2, 0) is 22.4 Å². The molecule has 25 heavy (non-hydrogen) atoms. The Kier molecular flexibility index (Phi) is 4.07. The molecule has 130 valence electrons. The van der Waals surface area contributed by atoms with Crippen molar-refractivity contribution in [1.82, 2.24) is 0 Å². The van der Waals surface area contributed by atoms with Crippen molar-refractivity contribution in [1.29, 1.82) is 0 Å². The molecule has 0 unspecified atom stereocenters. The fraction of sp³-hybridized carbons (Fsp3) is 0.400. The average Bonchev–Trinajstić information content (AvgIpc) is 2.99. The molecule has 0 radical (unpaired) electrons. The molecule has 2 aliphatic rings. The van der Waals surface area contributed by atoms with E-state index in [-0.39, 0.29) is 5.91 Å². The Bertz CT molecular complexity index is 864. The molecule has 5 nitrogen and oxygen atoms in total. The molecule has 5 heteroatoms. The van der Waals surface area contributed by atoms with Crippen molar-refractivity contribution in [3.8, 4) is 0 Å². The highest BCUT2D eigenvalue weighted by atomic mass is 16.4. The normalized spacial score (nSPS) is 22.6. The summed E-state index contributed by atoms with van der Waals surface area (Å²) in [5.74, 6) is -1.27. The molecule has 0 spiro atoms. The van der Waals surface area contributed by atoms with Gasteiger partial charge in [-0.05, 0) is 50.3 Å². The topological polar surface area (TPSA) is 79.5 Å². The molecule has 0 saturated carbocycles. The Morgan fingerprint density at radius 1 is 1.08 bits per heavy atom. The number of carbonyl (C=O) groups is 2. The van der Waals surface area contributed by atoms with Crippen molar-refractivity contribution in [3.63, 3.8) is 0 Å². The number of benzene rings is 1. The number of nitrogens with one attached hydrogen (secondary N) is 1. The molecular weight excluding hydrogens is 318 g/mol. The lowest BCUT2D eigenvalue weighted by atomic mass is 9.82. The fourth-order valence-electron chi connectivity index (χ4n) is 3.95. The molecule has 0 bridgehead atoms. The van der Waals surface area contributed by atoms with Gasteiger partial charge in [-0.15, -0.1) is 0 Å². The van der Waals surface area contributed by atoms with Gasteiger partial charge in [0.15, 0.2) is 0 Å². The van der Waals surface area contributed by atoms with Crippen LogP contribution in [0.2, 0.25) is 0 Å². The van der Waals surface area contributed by atoms with Crippen LogP contribution in [0.1, 0.15) is 37.0 Å². The summed E-state index contributed by atoms with van der Waals surface area (Å²) in [6.45, 7) is 0. The third kappa shape index (κ3) is 2.95. The van der Waals surface area contributed by atoms with Crippen molar-refractivity contribution in [3.05, 3.63) is 41.7 Å². The maximum absolute atomic E-state index is 12.6. The van der Waals surface area contributed by atoms with E-state index < -0.39 is 17.8 Å². The molecule has 1 heterocycles. The van der Waals surface area contributed by atoms with Crippen molar-refractivity contribution in [2.45, 2.75) is 38.5 Å². The van der Waals surface area contributed by atoms with E-state index in [1.165, 1.54) is 5.56 Å². The van der Waals surface area contributed by atoms with Gasteiger partial charge in [-0.1, -0.05) is 12.2 Å². The number of furan rings is 1. The quantitative estimate of drug-likeness (QED) is 0.831. The summed E-state index contributed by atoms with van der Waals surface area (Å²) in [4.78, 5) is 24.0. The molecule has 2 aliphatic carbocycles. The zero-order chi connectivity index (χ0) is 17.4. The van der Waals surface area contributed by atoms with Crippen molar-refractivity contribution < 1.29 is 19.1 Å². The number of fused-ring (bicyclic) bond motifs is 3. The monoisotopic (exact) mass is 339 g/mol. The molecule has 2 aromatic rings. The van der Waals surface area contributed by atoms with Gasteiger partial charge in [0.1, 0.15) is 11.3 Å². The number of aryl methyl sites for hydroxylation is 2. The molecule has 0 aliphatic heterocycles. The van der Waals surface area contributed by atoms with Gasteiger partial charge in [0.05, 0.1) is 11.8 Å². The lowest BCUT2D eigenvalue weighted by Crippen LogP contribution is -2.34. The number of rotatable bonds is 3. The van der Waals surface area contributed by atoms with Crippen LogP contribution in [-0.4, -0.2) is 17.0 Å². The lowest BCUT2D eigenvalue weighted by molar-refractivity contribution is -0.146. The van der Waals surface area contributed by atoms with Crippen LogP contribution in [0.3, 0.4) is 0 Å². The van der Waals surface area contributed by atoms with Crippen molar-refractivity contribution in [2.24, 2.45) is 11.8 Å². The molecule has 1 amide bonds. The maximum atomic E-state index is 12.6. The molecule has 0 saturated heterocycles. The number of aliphatic carboxylic acids is 1. The van der Waals surface area contributed by atoms with Crippen molar-refractivity contribution >= 4 is 28.5 Å². The van der Waals surface area contributed by atoms with E-state index in [0.29, 0.717) is 18.5 Å². The third-order valence-electron chi connectivity index (χ3n) is 5.31. The van der Waals surface area contributed by atoms with E-state index in [4.69, 9.17) is 4.42 Å². The Labute approximate surface area is 145 Å². The van der Waals surface area contributed by atoms with Crippen LogP contribution in [0.15, 0.2) is 34.8 Å². The van der Waals surface area contributed by atoms with Gasteiger partial charge in [-0.2, -0.15) is 0 Å². The fourth-order valence-corrected chi connectivity index (χ4v) is 3.95. The van der Waals surface area contributed by atoms with Gasteiger partial charge in [0.25, 0.3) is 0 Å². The highest BCUT2D eigenvalue weighted by Gasteiger charge is 2.34. The lowest BCUT2D eigenvalue weighted by Gasteiger charge is -2.24. The minimum Gasteiger partial charge on any atom is -0.481 e. The van der Waals surface area contributed by atoms with E-state index in [0.717, 1.165) is 42.4 Å². The van der Waals surface area contributed by atoms with Crippen molar-refractivity contribution in [2.75, 3.05) is 5.32 Å². The number of carbonyl (C=O) groups excluding carboxylic acids is 1. The summed E-state index contributed by atoms with van der Waals surface area (Å²) in [6.07, 6.45) is 8.89. The van der Waals surface area contributed by atoms with Crippen LogP contribution in [0.5, 0.6) is 0 Å². The zero-order valence-electron chi connectivity index (χ0n) is 14.0. The average molecular weight is 339 g/mol. The number of carboxylic acid groups (broad SMARTS) is 1. The second kappa shape index (κ2) is 6.39. The highest BCUT2D eigenvalue weighted by Crippen LogP contribution is 2.34. The predicted molar refractivity (Wildman–Crippen MR) is 94.5 cm³/mol. The summed E-state index contributed by atoms with van der Waals surface area (Å²) in [6, 6.07) is 5.66. The number of hydrogen-bond donors (Lipinski definition) is 2. The minimum atomic E-state index is -0.913. The van der Waals surface area contributed by atoms with Gasteiger partial charge in [-0.3, -0.25) is 9.59 Å². The number of hydrogen-bond acceptors (Lipinski definition) is 3. The second-order valence-corrected chi connectivity index (χ2v) is 6.91. The Morgan fingerprint density at radius 3 is 2.64 bits per heavy atom. The Morgan fingerprint density at radius 2 is 1.84 bits per heavy atom. The van der Waals surface area contributed by atoms with Gasteiger partial charge >= 0.3 is 5.97 Å². The first-order chi connectivity index (χ1) is 12.1. The summed E-state index contributed by atoms with van der Waals surface area (Å²) in [5, 5.41) is 13.3. The number of carboxylic acids is 1. The first-order valence-corrected chi connectivity index (χ1v) is 8.86. The summed E-state index contributed by atoms with van der Waals surface area (Å²) < 4.78 is 5.92. The third-order valence-corrected chi connectivity index (χ3v) is 5.31. The minimum absolute atomic E-state index is 0.228. The smallest absolute Gasteiger partial charge is 0.307 e. The van der Waals surface area contributed by atoms with Crippen LogP contribution in [0, 0.1) is 11.8 Å². The van der Waals surface area contributed by atoms with Gasteiger partial charge in [0.2, 0.25) is 5.91 Å². The van der Waals surface area contributed by atoms with E-state index in [1.807, 2.05) is 30.4 Å². The van der Waals surface area contributed by atoms with E-state index >= 15 is 0 Å². The highest BCUT2D eigenvalue weighted by molar-refractivity contribution is 5.97. The van der Waals surface area contributed by atoms with E-state index in [2.05, 4.69) is 5.32 Å². The number of allylic oxidation sites excluding steroid dienone is 2. The molecular formula is C20H21NO4. The van der Waals surface area contributed by atoms with E-state index in [1.54, 1.807) is 0 Å². The van der Waals surface area contributed by atoms with Crippen LogP contribution in [0.4, 0.5) is 5.69 Å². The van der Waals surface area contributed by atoms with Crippen LogP contribution < -0.4 is 5.32 Å². The summed E-state index contributed by atoms with van der Waals surface area (Å²) in [5.41, 5.74) is 2.81. The first kappa shape index (κ1) is 15.9. The number of amides is 1. The van der Waals surface area contributed by atoms with E-state index in [9.17, 15) is 14.7 Å². The second-order valence-electron chi connectivity index (χ2n) is 6.91. The summed E-state index contributed by atoms with van der Waals surface area (Å²) >= 11 is 0. The Hall–Kier alpha value is -2.56. The predicted octanol–water partition coefficient (Wildman–Crippen LogP) is 3.92. The van der Waals surface area contributed by atoms with Gasteiger partial charge in [0, 0.05) is 23.1 Å². The molecule has 1 aromatic carbocycles. The maximum Gasteiger partial charge on any atom is 0.307 e. The molecule has 2 atom stereocenters. The molecule has 4 rings (SSSR count). The summed E-state index contributed by atoms with van der Waals surface area (Å²) in [7, 11) is 0. The van der Waals surface area contributed by atoms with Crippen LogP contribution in [0.25, 0.3) is 11.0 Å². The molecule has 2 N–H and O–H groups in total. The molecule has 1 aromatic heterocycles. The Balaban J connectivity index is 1.58. The first-order valence-electron chi connectivity index (χ1n) is 8.86. The largest absolute Gasteiger partial charge is 0.481 e. The number of anilines is 1. The van der Waals surface area contributed by atoms with Gasteiger partial charge < -0.3 is 14.8 Å². The molecule has 0 fully saturated rings. The van der Waals surface area contributed by atoms with Gasteiger partial charge in [-0.25, -0.2) is 0 Å².